The van der Waals surface area contributed by atoms with Crippen LogP contribution in [0, 0.1) is 6.92 Å². The van der Waals surface area contributed by atoms with Crippen LogP contribution in [-0.2, 0) is 6.54 Å². The zero-order valence-corrected chi connectivity index (χ0v) is 12.6. The molecule has 0 fully saturated rings. The first-order valence-corrected chi connectivity index (χ1v) is 7.28. The molecule has 2 aromatic rings. The standard InChI is InChI=1S/C13H15ClN2O2S/c1-7(2)10-11(14)15-13(18)16(12(10)17)4-9-6-19-5-8(9)3/h5-7H,4H2,1-3H3,(H,15,18). The first-order chi connectivity index (χ1) is 8.91. The molecule has 2 rings (SSSR count). The minimum Gasteiger partial charge on any atom is -0.297 e. The normalized spacial score (nSPS) is 11.2. The summed E-state index contributed by atoms with van der Waals surface area (Å²) in [5.74, 6) is -0.0355. The van der Waals surface area contributed by atoms with Gasteiger partial charge in [0, 0.05) is 0 Å². The van der Waals surface area contributed by atoms with E-state index in [1.807, 2.05) is 31.5 Å². The number of nitrogens with one attached hydrogen (secondary N) is 1. The van der Waals surface area contributed by atoms with Crippen molar-refractivity contribution in [3.63, 3.8) is 0 Å². The second-order valence-electron chi connectivity index (χ2n) is 4.78. The number of aromatic nitrogens is 2. The van der Waals surface area contributed by atoms with Gasteiger partial charge in [-0.05, 0) is 34.7 Å². The predicted molar refractivity (Wildman–Crippen MR) is 78.6 cm³/mol. The minimum atomic E-state index is -0.468. The van der Waals surface area contributed by atoms with Crippen LogP contribution < -0.4 is 11.2 Å². The third-order valence-electron chi connectivity index (χ3n) is 3.04. The second-order valence-corrected chi connectivity index (χ2v) is 5.91. The molecule has 0 radical (unpaired) electrons. The van der Waals surface area contributed by atoms with Crippen molar-refractivity contribution >= 4 is 22.9 Å². The van der Waals surface area contributed by atoms with Gasteiger partial charge in [-0.2, -0.15) is 11.3 Å². The van der Waals surface area contributed by atoms with Crippen LogP contribution in [0.2, 0.25) is 5.15 Å². The molecule has 2 aromatic heterocycles. The van der Waals surface area contributed by atoms with Gasteiger partial charge in [0.2, 0.25) is 0 Å². The largest absolute Gasteiger partial charge is 0.329 e. The fourth-order valence-electron chi connectivity index (χ4n) is 1.92. The molecule has 0 saturated heterocycles. The van der Waals surface area contributed by atoms with E-state index in [0.717, 1.165) is 11.1 Å². The van der Waals surface area contributed by atoms with Crippen LogP contribution >= 0.6 is 22.9 Å². The first kappa shape index (κ1) is 14.1. The van der Waals surface area contributed by atoms with Crippen LogP contribution in [-0.4, -0.2) is 9.55 Å². The van der Waals surface area contributed by atoms with E-state index in [-0.39, 0.29) is 23.2 Å². The van der Waals surface area contributed by atoms with E-state index in [1.165, 1.54) is 4.57 Å². The lowest BCUT2D eigenvalue weighted by atomic mass is 10.1. The molecule has 0 saturated carbocycles. The van der Waals surface area contributed by atoms with Gasteiger partial charge in [0.25, 0.3) is 5.56 Å². The summed E-state index contributed by atoms with van der Waals surface area (Å²) in [5, 5.41) is 4.09. The number of H-pyrrole nitrogens is 1. The van der Waals surface area contributed by atoms with Crippen LogP contribution in [0.25, 0.3) is 0 Å². The lowest BCUT2D eigenvalue weighted by Gasteiger charge is -2.11. The number of hydrogen-bond donors (Lipinski definition) is 1. The van der Waals surface area contributed by atoms with Crippen molar-refractivity contribution in [3.05, 3.63) is 53.4 Å². The Labute approximate surface area is 119 Å². The second kappa shape index (κ2) is 5.35. The molecule has 0 aliphatic rings. The Kier molecular flexibility index (Phi) is 3.96. The van der Waals surface area contributed by atoms with Crippen LogP contribution in [0.3, 0.4) is 0 Å². The molecule has 0 aliphatic heterocycles. The Morgan fingerprint density at radius 2 is 2.05 bits per heavy atom. The average Bonchev–Trinajstić information content (AvgIpc) is 2.69. The Morgan fingerprint density at radius 3 is 2.58 bits per heavy atom. The highest BCUT2D eigenvalue weighted by atomic mass is 35.5. The molecule has 19 heavy (non-hydrogen) atoms. The van der Waals surface area contributed by atoms with E-state index in [0.29, 0.717) is 5.56 Å². The fourth-order valence-corrected chi connectivity index (χ4v) is 3.15. The van der Waals surface area contributed by atoms with Crippen LogP contribution in [0.15, 0.2) is 20.3 Å². The molecule has 2 heterocycles. The zero-order chi connectivity index (χ0) is 14.2. The molecule has 0 aliphatic carbocycles. The molecular formula is C13H15ClN2O2S. The molecule has 0 spiro atoms. The highest BCUT2D eigenvalue weighted by Gasteiger charge is 2.16. The molecular weight excluding hydrogens is 284 g/mol. The monoisotopic (exact) mass is 298 g/mol. The van der Waals surface area contributed by atoms with E-state index in [9.17, 15) is 9.59 Å². The van der Waals surface area contributed by atoms with Crippen molar-refractivity contribution in [2.75, 3.05) is 0 Å². The van der Waals surface area contributed by atoms with Crippen molar-refractivity contribution in [2.45, 2.75) is 33.2 Å². The molecule has 0 bridgehead atoms. The van der Waals surface area contributed by atoms with Crippen molar-refractivity contribution in [1.29, 1.82) is 0 Å². The maximum Gasteiger partial charge on any atom is 0.329 e. The Bertz CT molecular complexity index is 712. The number of rotatable bonds is 3. The van der Waals surface area contributed by atoms with Crippen molar-refractivity contribution in [2.24, 2.45) is 0 Å². The van der Waals surface area contributed by atoms with E-state index < -0.39 is 5.69 Å². The predicted octanol–water partition coefficient (Wildman–Crippen LogP) is 2.73. The smallest absolute Gasteiger partial charge is 0.297 e. The van der Waals surface area contributed by atoms with E-state index >= 15 is 0 Å². The van der Waals surface area contributed by atoms with Crippen LogP contribution in [0.4, 0.5) is 0 Å². The van der Waals surface area contributed by atoms with Gasteiger partial charge < -0.3 is 0 Å². The Morgan fingerprint density at radius 1 is 1.37 bits per heavy atom. The Hall–Kier alpha value is -1.33. The summed E-state index contributed by atoms with van der Waals surface area (Å²) in [4.78, 5) is 26.8. The van der Waals surface area contributed by atoms with Crippen molar-refractivity contribution in [3.8, 4) is 0 Å². The zero-order valence-electron chi connectivity index (χ0n) is 11.0. The average molecular weight is 299 g/mol. The number of aromatic amines is 1. The number of halogens is 1. The Balaban J connectivity index is 2.58. The molecule has 4 nitrogen and oxygen atoms in total. The lowest BCUT2D eigenvalue weighted by molar-refractivity contribution is 0.669. The van der Waals surface area contributed by atoms with Gasteiger partial charge in [-0.1, -0.05) is 25.4 Å². The molecule has 0 atom stereocenters. The highest BCUT2D eigenvalue weighted by Crippen LogP contribution is 2.17. The maximum absolute atomic E-state index is 12.4. The lowest BCUT2D eigenvalue weighted by Crippen LogP contribution is -2.38. The molecule has 6 heteroatoms. The van der Waals surface area contributed by atoms with Crippen LogP contribution in [0.5, 0.6) is 0 Å². The van der Waals surface area contributed by atoms with E-state index in [4.69, 9.17) is 11.6 Å². The summed E-state index contributed by atoms with van der Waals surface area (Å²) < 4.78 is 1.20. The SMILES string of the molecule is Cc1cscc1Cn1c(=O)[nH]c(Cl)c(C(C)C)c1=O. The van der Waals surface area contributed by atoms with Gasteiger partial charge in [-0.25, -0.2) is 4.79 Å². The third-order valence-corrected chi connectivity index (χ3v) is 4.25. The van der Waals surface area contributed by atoms with Crippen LogP contribution in [0.1, 0.15) is 36.5 Å². The first-order valence-electron chi connectivity index (χ1n) is 5.96. The molecule has 0 unspecified atom stereocenters. The number of thiophene rings is 1. The van der Waals surface area contributed by atoms with Crippen molar-refractivity contribution < 1.29 is 0 Å². The summed E-state index contributed by atoms with van der Waals surface area (Å²) in [6, 6.07) is 0. The molecule has 0 aromatic carbocycles. The molecule has 102 valence electrons. The number of aryl methyl sites for hydroxylation is 1. The van der Waals surface area contributed by atoms with Gasteiger partial charge in [-0.15, -0.1) is 0 Å². The molecule has 0 amide bonds. The summed E-state index contributed by atoms with van der Waals surface area (Å²) >= 11 is 7.51. The summed E-state index contributed by atoms with van der Waals surface area (Å²) in [7, 11) is 0. The summed E-state index contributed by atoms with van der Waals surface area (Å²) in [6.45, 7) is 5.99. The van der Waals surface area contributed by atoms with Crippen molar-refractivity contribution in [1.82, 2.24) is 9.55 Å². The van der Waals surface area contributed by atoms with E-state index in [2.05, 4.69) is 4.98 Å². The maximum atomic E-state index is 12.4. The van der Waals surface area contributed by atoms with Gasteiger partial charge in [0.15, 0.2) is 0 Å². The summed E-state index contributed by atoms with van der Waals surface area (Å²) in [5.41, 5.74) is 1.74. The van der Waals surface area contributed by atoms with Gasteiger partial charge in [0.05, 0.1) is 12.1 Å². The van der Waals surface area contributed by atoms with Gasteiger partial charge in [0.1, 0.15) is 5.15 Å². The molecule has 1 N–H and O–H groups in total. The summed E-state index contributed by atoms with van der Waals surface area (Å²) in [6.07, 6.45) is 0. The number of hydrogen-bond acceptors (Lipinski definition) is 3. The highest BCUT2D eigenvalue weighted by molar-refractivity contribution is 7.08. The quantitative estimate of drug-likeness (QED) is 0.886. The van der Waals surface area contributed by atoms with E-state index in [1.54, 1.807) is 11.3 Å². The topological polar surface area (TPSA) is 54.9 Å². The number of nitrogens with zero attached hydrogens (tertiary/aromatic N) is 1. The van der Waals surface area contributed by atoms with Gasteiger partial charge in [-0.3, -0.25) is 14.3 Å². The van der Waals surface area contributed by atoms with Gasteiger partial charge >= 0.3 is 5.69 Å². The minimum absolute atomic E-state index is 0.0355. The fraction of sp³-hybridized carbons (Fsp3) is 0.385. The third kappa shape index (κ3) is 2.67.